The molecule has 23 heavy (non-hydrogen) atoms. The van der Waals surface area contributed by atoms with Crippen LogP contribution >= 0.6 is 0 Å². The van der Waals surface area contributed by atoms with Gasteiger partial charge in [0.1, 0.15) is 0 Å². The smallest absolute Gasteiger partial charge is 0.303 e. The first-order valence-electron chi connectivity index (χ1n) is 7.27. The van der Waals surface area contributed by atoms with Crippen molar-refractivity contribution in [3.8, 4) is 0 Å². The third kappa shape index (κ3) is 5.07. The van der Waals surface area contributed by atoms with Gasteiger partial charge in [0, 0.05) is 12.0 Å². The lowest BCUT2D eigenvalue weighted by Gasteiger charge is -2.07. The highest BCUT2D eigenvalue weighted by Gasteiger charge is 2.09. The number of nitrogens with zero attached hydrogens (tertiary/aromatic N) is 1. The van der Waals surface area contributed by atoms with Crippen molar-refractivity contribution in [3.63, 3.8) is 0 Å². The number of carbonyl (C=O) groups excluding carboxylic acids is 1. The van der Waals surface area contributed by atoms with Gasteiger partial charge in [-0.05, 0) is 24.6 Å². The molecule has 0 bridgehead atoms. The molecule has 0 aliphatic heterocycles. The summed E-state index contributed by atoms with van der Waals surface area (Å²) in [6.07, 6.45) is 0.196. The number of aryl methyl sites for hydroxylation is 1. The normalized spacial score (nSPS) is 11.1. The van der Waals surface area contributed by atoms with Crippen molar-refractivity contribution in [2.24, 2.45) is 5.10 Å². The first-order chi connectivity index (χ1) is 11.1. The van der Waals surface area contributed by atoms with Crippen LogP contribution in [0.1, 0.15) is 34.3 Å². The average molecular weight is 310 g/mol. The Kier molecular flexibility index (Phi) is 5.63. The molecule has 5 nitrogen and oxygen atoms in total. The predicted octanol–water partition coefficient (Wildman–Crippen LogP) is 2.99. The van der Waals surface area contributed by atoms with E-state index in [1.54, 1.807) is 18.2 Å². The highest BCUT2D eigenvalue weighted by molar-refractivity contribution is 6.03. The molecule has 0 aromatic heterocycles. The maximum atomic E-state index is 12.1. The van der Waals surface area contributed by atoms with Gasteiger partial charge in [-0.2, -0.15) is 5.10 Å². The fraction of sp³-hybridized carbons (Fsp3) is 0.167. The van der Waals surface area contributed by atoms with Gasteiger partial charge in [0.25, 0.3) is 5.91 Å². The van der Waals surface area contributed by atoms with Crippen LogP contribution in [-0.4, -0.2) is 22.7 Å². The van der Waals surface area contributed by atoms with Crippen molar-refractivity contribution in [1.82, 2.24) is 5.43 Å². The maximum absolute atomic E-state index is 12.1. The highest BCUT2D eigenvalue weighted by atomic mass is 16.4. The van der Waals surface area contributed by atoms with Gasteiger partial charge in [0.2, 0.25) is 0 Å². The van der Waals surface area contributed by atoms with E-state index in [9.17, 15) is 9.59 Å². The fourth-order valence-corrected chi connectivity index (χ4v) is 2.09. The van der Waals surface area contributed by atoms with E-state index in [2.05, 4.69) is 10.5 Å². The Morgan fingerprint density at radius 3 is 2.35 bits per heavy atom. The van der Waals surface area contributed by atoms with Crippen LogP contribution in [0, 0.1) is 6.92 Å². The second-order valence-corrected chi connectivity index (χ2v) is 5.13. The van der Waals surface area contributed by atoms with Gasteiger partial charge in [-0.25, -0.2) is 5.43 Å². The van der Waals surface area contributed by atoms with E-state index in [0.29, 0.717) is 11.3 Å². The van der Waals surface area contributed by atoms with Gasteiger partial charge < -0.3 is 5.11 Å². The summed E-state index contributed by atoms with van der Waals surface area (Å²) < 4.78 is 0. The zero-order chi connectivity index (χ0) is 16.7. The molecule has 2 N–H and O–H groups in total. The molecule has 0 atom stereocenters. The summed E-state index contributed by atoms with van der Waals surface area (Å²) in [5, 5.41) is 13.0. The van der Waals surface area contributed by atoms with Crippen LogP contribution < -0.4 is 5.43 Å². The average Bonchev–Trinajstić information content (AvgIpc) is 2.55. The monoisotopic (exact) mass is 310 g/mol. The number of hydrazone groups is 1. The van der Waals surface area contributed by atoms with Crippen molar-refractivity contribution >= 4 is 17.6 Å². The molecular formula is C18H18N2O3. The molecular weight excluding hydrogens is 292 g/mol. The summed E-state index contributed by atoms with van der Waals surface area (Å²) >= 11 is 0. The molecule has 0 saturated heterocycles. The zero-order valence-corrected chi connectivity index (χ0v) is 12.8. The maximum Gasteiger partial charge on any atom is 0.303 e. The van der Waals surface area contributed by atoms with Crippen LogP contribution in [0.25, 0.3) is 0 Å². The first-order valence-corrected chi connectivity index (χ1v) is 7.27. The van der Waals surface area contributed by atoms with E-state index in [1.807, 2.05) is 43.3 Å². The van der Waals surface area contributed by atoms with Gasteiger partial charge in [-0.1, -0.05) is 48.0 Å². The highest BCUT2D eigenvalue weighted by Crippen LogP contribution is 2.08. The Hall–Kier alpha value is -2.95. The lowest BCUT2D eigenvalue weighted by Crippen LogP contribution is -2.20. The molecule has 0 spiro atoms. The number of hydrogen-bond acceptors (Lipinski definition) is 3. The Labute approximate surface area is 134 Å². The number of amides is 1. The second kappa shape index (κ2) is 7.89. The molecule has 0 aliphatic carbocycles. The topological polar surface area (TPSA) is 78.8 Å². The Morgan fingerprint density at radius 1 is 1.00 bits per heavy atom. The minimum atomic E-state index is -0.904. The number of nitrogens with one attached hydrogen (secondary N) is 1. The molecule has 0 unspecified atom stereocenters. The number of benzene rings is 2. The molecule has 2 aromatic rings. The van der Waals surface area contributed by atoms with Crippen LogP contribution in [0.4, 0.5) is 0 Å². The number of carboxylic acids is 1. The van der Waals surface area contributed by atoms with Gasteiger partial charge in [-0.15, -0.1) is 0 Å². The third-order valence-corrected chi connectivity index (χ3v) is 3.26. The summed E-state index contributed by atoms with van der Waals surface area (Å²) in [4.78, 5) is 22.9. The van der Waals surface area contributed by atoms with Crippen LogP contribution in [0.3, 0.4) is 0 Å². The van der Waals surface area contributed by atoms with Crippen molar-refractivity contribution in [3.05, 3.63) is 71.3 Å². The summed E-state index contributed by atoms with van der Waals surface area (Å²) in [5.41, 5.74) is 5.33. The summed E-state index contributed by atoms with van der Waals surface area (Å²) in [5.74, 6) is -1.23. The summed E-state index contributed by atoms with van der Waals surface area (Å²) in [6, 6.07) is 16.4. The number of carbonyl (C=O) groups is 2. The van der Waals surface area contributed by atoms with Crippen LogP contribution in [0.15, 0.2) is 59.7 Å². The van der Waals surface area contributed by atoms with Crippen LogP contribution in [0.5, 0.6) is 0 Å². The number of aliphatic carboxylic acids is 1. The Balaban J connectivity index is 2.16. The summed E-state index contributed by atoms with van der Waals surface area (Å²) in [6.45, 7) is 1.91. The van der Waals surface area contributed by atoms with E-state index >= 15 is 0 Å². The third-order valence-electron chi connectivity index (χ3n) is 3.26. The lowest BCUT2D eigenvalue weighted by atomic mass is 10.1. The van der Waals surface area contributed by atoms with E-state index in [-0.39, 0.29) is 18.7 Å². The Bertz CT molecular complexity index is 724. The van der Waals surface area contributed by atoms with Crippen molar-refractivity contribution in [2.45, 2.75) is 19.8 Å². The molecule has 0 heterocycles. The van der Waals surface area contributed by atoms with E-state index in [4.69, 9.17) is 5.11 Å². The molecule has 5 heteroatoms. The standard InChI is InChI=1S/C18H18N2O3/c1-13-6-5-9-15(12-13)18(23)20-19-16(10-11-17(21)22)14-7-3-2-4-8-14/h2-9,12H,10-11H2,1H3,(H,20,23)(H,21,22). The molecule has 0 radical (unpaired) electrons. The quantitative estimate of drug-likeness (QED) is 0.636. The van der Waals surface area contributed by atoms with Gasteiger partial charge in [0.15, 0.2) is 0 Å². The number of rotatable bonds is 6. The number of carboxylic acid groups (broad SMARTS) is 1. The van der Waals surface area contributed by atoms with E-state index < -0.39 is 5.97 Å². The largest absolute Gasteiger partial charge is 0.481 e. The zero-order valence-electron chi connectivity index (χ0n) is 12.8. The molecule has 0 saturated carbocycles. The van der Waals surface area contributed by atoms with E-state index in [0.717, 1.165) is 11.1 Å². The lowest BCUT2D eigenvalue weighted by molar-refractivity contribution is -0.136. The van der Waals surface area contributed by atoms with E-state index in [1.165, 1.54) is 0 Å². The minimum Gasteiger partial charge on any atom is -0.481 e. The predicted molar refractivity (Wildman–Crippen MR) is 88.5 cm³/mol. The fourth-order valence-electron chi connectivity index (χ4n) is 2.09. The van der Waals surface area contributed by atoms with Crippen molar-refractivity contribution < 1.29 is 14.7 Å². The van der Waals surface area contributed by atoms with Gasteiger partial charge in [0.05, 0.1) is 12.1 Å². The Morgan fingerprint density at radius 2 is 1.70 bits per heavy atom. The SMILES string of the molecule is Cc1cccc(C(=O)NN=C(CCC(=O)O)c2ccccc2)c1. The molecule has 2 aromatic carbocycles. The summed E-state index contributed by atoms with van der Waals surface area (Å²) in [7, 11) is 0. The molecule has 118 valence electrons. The molecule has 2 rings (SSSR count). The molecule has 0 aliphatic rings. The van der Waals surface area contributed by atoms with Crippen molar-refractivity contribution in [1.29, 1.82) is 0 Å². The van der Waals surface area contributed by atoms with Gasteiger partial charge in [-0.3, -0.25) is 9.59 Å². The molecule has 0 fully saturated rings. The van der Waals surface area contributed by atoms with Crippen molar-refractivity contribution in [2.75, 3.05) is 0 Å². The number of hydrogen-bond donors (Lipinski definition) is 2. The first kappa shape index (κ1) is 16.4. The molecule has 1 amide bonds. The van der Waals surface area contributed by atoms with Gasteiger partial charge >= 0.3 is 5.97 Å². The minimum absolute atomic E-state index is 0.0476. The van der Waals surface area contributed by atoms with Crippen LogP contribution in [0.2, 0.25) is 0 Å². The van der Waals surface area contributed by atoms with Crippen LogP contribution in [-0.2, 0) is 4.79 Å². The second-order valence-electron chi connectivity index (χ2n) is 5.13.